The number of benzene rings is 2. The first-order valence-electron chi connectivity index (χ1n) is 7.67. The smallest absolute Gasteiger partial charge is 0.272 e. The SMILES string of the molecule is CCOc1cccc(NC(=O)/C(=C/c2ccccc2)NC(C)=O)c1. The van der Waals surface area contributed by atoms with E-state index >= 15 is 0 Å². The van der Waals surface area contributed by atoms with E-state index in [-0.39, 0.29) is 11.6 Å². The van der Waals surface area contributed by atoms with E-state index in [1.54, 1.807) is 24.3 Å². The molecule has 0 atom stereocenters. The molecule has 0 saturated carbocycles. The van der Waals surface area contributed by atoms with E-state index in [9.17, 15) is 9.59 Å². The van der Waals surface area contributed by atoms with Crippen molar-refractivity contribution in [2.24, 2.45) is 0 Å². The number of anilines is 1. The van der Waals surface area contributed by atoms with Gasteiger partial charge in [0.15, 0.2) is 0 Å². The van der Waals surface area contributed by atoms with Crippen LogP contribution in [0.4, 0.5) is 5.69 Å². The van der Waals surface area contributed by atoms with Gasteiger partial charge >= 0.3 is 0 Å². The molecule has 0 fully saturated rings. The minimum atomic E-state index is -0.400. The van der Waals surface area contributed by atoms with Gasteiger partial charge in [-0.2, -0.15) is 0 Å². The van der Waals surface area contributed by atoms with E-state index in [0.29, 0.717) is 18.0 Å². The largest absolute Gasteiger partial charge is 0.494 e. The van der Waals surface area contributed by atoms with Crippen molar-refractivity contribution in [1.29, 1.82) is 0 Å². The van der Waals surface area contributed by atoms with Gasteiger partial charge in [-0.05, 0) is 30.7 Å². The number of rotatable bonds is 6. The zero-order valence-corrected chi connectivity index (χ0v) is 13.7. The number of carbonyl (C=O) groups is 2. The van der Waals surface area contributed by atoms with Crippen LogP contribution in [0.5, 0.6) is 5.75 Å². The van der Waals surface area contributed by atoms with Crippen LogP contribution in [0.25, 0.3) is 6.08 Å². The molecule has 0 aliphatic heterocycles. The molecule has 2 aromatic rings. The zero-order chi connectivity index (χ0) is 17.4. The first-order chi connectivity index (χ1) is 11.6. The maximum Gasteiger partial charge on any atom is 0.272 e. The molecule has 5 heteroatoms. The summed E-state index contributed by atoms with van der Waals surface area (Å²) in [6.45, 7) is 3.80. The number of carbonyl (C=O) groups excluding carboxylic acids is 2. The van der Waals surface area contributed by atoms with Gasteiger partial charge < -0.3 is 15.4 Å². The quantitative estimate of drug-likeness (QED) is 0.802. The number of amides is 2. The summed E-state index contributed by atoms with van der Waals surface area (Å²) < 4.78 is 5.41. The van der Waals surface area contributed by atoms with Gasteiger partial charge in [0.25, 0.3) is 5.91 Å². The van der Waals surface area contributed by atoms with Gasteiger partial charge in [0, 0.05) is 18.7 Å². The standard InChI is InChI=1S/C19H20N2O3/c1-3-24-17-11-7-10-16(13-17)21-19(23)18(20-14(2)22)12-15-8-5-4-6-9-15/h4-13H,3H2,1-2H3,(H,20,22)(H,21,23)/b18-12-. The third-order valence-corrected chi connectivity index (χ3v) is 3.07. The van der Waals surface area contributed by atoms with Crippen LogP contribution in [0.3, 0.4) is 0 Å². The van der Waals surface area contributed by atoms with E-state index in [1.807, 2.05) is 43.3 Å². The molecule has 2 amide bonds. The predicted molar refractivity (Wildman–Crippen MR) is 94.5 cm³/mol. The minimum Gasteiger partial charge on any atom is -0.494 e. The Morgan fingerprint density at radius 2 is 1.83 bits per heavy atom. The van der Waals surface area contributed by atoms with Crippen LogP contribution in [0, 0.1) is 0 Å². The highest BCUT2D eigenvalue weighted by atomic mass is 16.5. The van der Waals surface area contributed by atoms with Crippen molar-refractivity contribution in [2.45, 2.75) is 13.8 Å². The lowest BCUT2D eigenvalue weighted by molar-refractivity contribution is -0.120. The third-order valence-electron chi connectivity index (χ3n) is 3.07. The maximum absolute atomic E-state index is 12.5. The van der Waals surface area contributed by atoms with Crippen molar-refractivity contribution in [3.05, 3.63) is 65.9 Å². The summed E-state index contributed by atoms with van der Waals surface area (Å²) in [5.41, 5.74) is 1.59. The van der Waals surface area contributed by atoms with Gasteiger partial charge in [-0.15, -0.1) is 0 Å². The molecule has 0 radical (unpaired) electrons. The Morgan fingerprint density at radius 1 is 1.08 bits per heavy atom. The van der Waals surface area contributed by atoms with Crippen molar-refractivity contribution in [3.63, 3.8) is 0 Å². The number of hydrogen-bond acceptors (Lipinski definition) is 3. The van der Waals surface area contributed by atoms with Gasteiger partial charge in [-0.3, -0.25) is 9.59 Å². The maximum atomic E-state index is 12.5. The average molecular weight is 324 g/mol. The van der Waals surface area contributed by atoms with Crippen molar-refractivity contribution in [3.8, 4) is 5.75 Å². The summed E-state index contributed by atoms with van der Waals surface area (Å²) in [6.07, 6.45) is 1.63. The number of hydrogen-bond donors (Lipinski definition) is 2. The van der Waals surface area contributed by atoms with Crippen molar-refractivity contribution < 1.29 is 14.3 Å². The fourth-order valence-corrected chi connectivity index (χ4v) is 2.09. The first kappa shape index (κ1) is 17.3. The molecule has 0 heterocycles. The van der Waals surface area contributed by atoms with Crippen molar-refractivity contribution in [2.75, 3.05) is 11.9 Å². The molecule has 2 aromatic carbocycles. The van der Waals surface area contributed by atoms with Gasteiger partial charge in [-0.1, -0.05) is 36.4 Å². The van der Waals surface area contributed by atoms with E-state index in [0.717, 1.165) is 5.56 Å². The molecule has 0 bridgehead atoms. The second-order valence-corrected chi connectivity index (χ2v) is 5.06. The molecule has 2 N–H and O–H groups in total. The molecule has 5 nitrogen and oxygen atoms in total. The molecule has 0 saturated heterocycles. The molecule has 0 spiro atoms. The van der Waals surface area contributed by atoms with Crippen LogP contribution in [0.15, 0.2) is 60.3 Å². The van der Waals surface area contributed by atoms with E-state index < -0.39 is 5.91 Å². The Kier molecular flexibility index (Phi) is 6.14. The average Bonchev–Trinajstić information content (AvgIpc) is 2.55. The van der Waals surface area contributed by atoms with Crippen LogP contribution in [-0.2, 0) is 9.59 Å². The van der Waals surface area contributed by atoms with E-state index in [4.69, 9.17) is 4.74 Å². The van der Waals surface area contributed by atoms with E-state index in [1.165, 1.54) is 6.92 Å². The zero-order valence-electron chi connectivity index (χ0n) is 13.7. The lowest BCUT2D eigenvalue weighted by Gasteiger charge is -2.11. The highest BCUT2D eigenvalue weighted by Crippen LogP contribution is 2.18. The fourth-order valence-electron chi connectivity index (χ4n) is 2.09. The normalized spacial score (nSPS) is 10.8. The number of nitrogens with one attached hydrogen (secondary N) is 2. The Bertz CT molecular complexity index is 739. The van der Waals surface area contributed by atoms with Crippen molar-refractivity contribution in [1.82, 2.24) is 5.32 Å². The Hall–Kier alpha value is -3.08. The van der Waals surface area contributed by atoms with Gasteiger partial charge in [0.2, 0.25) is 5.91 Å². The van der Waals surface area contributed by atoms with Gasteiger partial charge in [0.1, 0.15) is 11.4 Å². The molecule has 124 valence electrons. The molecular formula is C19H20N2O3. The van der Waals surface area contributed by atoms with E-state index in [2.05, 4.69) is 10.6 Å². The van der Waals surface area contributed by atoms with Crippen LogP contribution in [0.1, 0.15) is 19.4 Å². The summed E-state index contributed by atoms with van der Waals surface area (Å²) in [6, 6.07) is 16.4. The van der Waals surface area contributed by atoms with Gasteiger partial charge in [0.05, 0.1) is 6.61 Å². The Labute approximate surface area is 141 Å². The second kappa shape index (κ2) is 8.53. The highest BCUT2D eigenvalue weighted by Gasteiger charge is 2.12. The lowest BCUT2D eigenvalue weighted by atomic mass is 10.2. The highest BCUT2D eigenvalue weighted by molar-refractivity contribution is 6.08. The lowest BCUT2D eigenvalue weighted by Crippen LogP contribution is -2.28. The second-order valence-electron chi connectivity index (χ2n) is 5.06. The van der Waals surface area contributed by atoms with Crippen LogP contribution in [0.2, 0.25) is 0 Å². The molecule has 0 aromatic heterocycles. The summed E-state index contributed by atoms with van der Waals surface area (Å²) >= 11 is 0. The molecule has 0 aliphatic rings. The van der Waals surface area contributed by atoms with Gasteiger partial charge in [-0.25, -0.2) is 0 Å². The summed E-state index contributed by atoms with van der Waals surface area (Å²) in [7, 11) is 0. The Balaban J connectivity index is 2.20. The Morgan fingerprint density at radius 3 is 2.50 bits per heavy atom. The molecule has 0 unspecified atom stereocenters. The summed E-state index contributed by atoms with van der Waals surface area (Å²) in [4.78, 5) is 23.9. The molecule has 0 aliphatic carbocycles. The van der Waals surface area contributed by atoms with Crippen LogP contribution >= 0.6 is 0 Å². The van der Waals surface area contributed by atoms with Crippen molar-refractivity contribution >= 4 is 23.6 Å². The number of ether oxygens (including phenoxy) is 1. The van der Waals surface area contributed by atoms with Crippen LogP contribution in [-0.4, -0.2) is 18.4 Å². The summed E-state index contributed by atoms with van der Waals surface area (Å²) in [5.74, 6) is -0.0403. The first-order valence-corrected chi connectivity index (χ1v) is 7.67. The van der Waals surface area contributed by atoms with Crippen LogP contribution < -0.4 is 15.4 Å². The monoisotopic (exact) mass is 324 g/mol. The molecular weight excluding hydrogens is 304 g/mol. The molecule has 24 heavy (non-hydrogen) atoms. The third kappa shape index (κ3) is 5.28. The minimum absolute atomic E-state index is 0.176. The summed E-state index contributed by atoms with van der Waals surface area (Å²) in [5, 5.41) is 5.33. The fraction of sp³-hybridized carbons (Fsp3) is 0.158. The predicted octanol–water partition coefficient (Wildman–Crippen LogP) is 3.20. The molecule has 2 rings (SSSR count). The topological polar surface area (TPSA) is 67.4 Å².